The third-order valence-electron chi connectivity index (χ3n) is 8.24. The molecule has 2 fully saturated rings. The predicted molar refractivity (Wildman–Crippen MR) is 144 cm³/mol. The fraction of sp³-hybridized carbons (Fsp3) is 0.552. The van der Waals surface area contributed by atoms with Gasteiger partial charge in [0.1, 0.15) is 0 Å². The Morgan fingerprint density at radius 1 is 0.822 bits per heavy atom. The Kier molecular flexibility index (Phi) is 9.36. The van der Waals surface area contributed by atoms with E-state index in [1.165, 1.54) is 18.0 Å². The van der Waals surface area contributed by atoms with Gasteiger partial charge in [0.05, 0.1) is 37.0 Å². The largest absolute Gasteiger partial charge is 0.416 e. The second kappa shape index (κ2) is 12.8. The SMILES string of the molecule is Cn1nnc(N(Cc2cc(C(F)(F)F)cc(C(F)(F)F)c2)Cc2cc(C(F)(F)F)ccc2C(C2CCCC2)N2CCOCC2)n1. The summed E-state index contributed by atoms with van der Waals surface area (Å²) >= 11 is 0. The number of ether oxygens (including phenoxy) is 1. The van der Waals surface area contributed by atoms with Crippen molar-refractivity contribution < 1.29 is 44.3 Å². The van der Waals surface area contributed by atoms with E-state index in [9.17, 15) is 39.5 Å². The highest BCUT2D eigenvalue weighted by atomic mass is 19.4. The van der Waals surface area contributed by atoms with E-state index in [2.05, 4.69) is 20.3 Å². The summed E-state index contributed by atoms with van der Waals surface area (Å²) in [5.74, 6) is -0.0323. The molecule has 1 aromatic heterocycles. The molecule has 7 nitrogen and oxygen atoms in total. The standard InChI is InChI=1S/C29H31F9N6O/c1-42-40-26(39-41-42)44(16-18-12-22(28(33,34)35)15-23(13-18)29(36,37)38)17-20-14-21(27(30,31)32)6-7-24(20)25(19-4-2-3-5-19)43-8-10-45-11-9-43/h6-7,12-15,19,25H,2-5,8-11,16-17H2,1H3. The summed E-state index contributed by atoms with van der Waals surface area (Å²) in [5.41, 5.74) is -3.51. The second-order valence-corrected chi connectivity index (χ2v) is 11.4. The zero-order valence-electron chi connectivity index (χ0n) is 24.2. The number of aromatic nitrogens is 4. The van der Waals surface area contributed by atoms with Gasteiger partial charge in [0, 0.05) is 32.2 Å². The number of aryl methyl sites for hydroxylation is 1. The molecule has 1 unspecified atom stereocenters. The third kappa shape index (κ3) is 7.88. The number of nitrogens with zero attached hydrogens (tertiary/aromatic N) is 6. The molecule has 3 aromatic rings. The van der Waals surface area contributed by atoms with Gasteiger partial charge in [-0.3, -0.25) is 4.90 Å². The molecule has 2 aromatic carbocycles. The van der Waals surface area contributed by atoms with Crippen LogP contribution in [-0.4, -0.2) is 51.4 Å². The normalized spacial score (nSPS) is 18.0. The van der Waals surface area contributed by atoms with E-state index in [-0.39, 0.29) is 41.6 Å². The molecule has 2 aliphatic rings. The summed E-state index contributed by atoms with van der Waals surface area (Å²) in [6, 6.07) is 4.36. The van der Waals surface area contributed by atoms with Crippen LogP contribution in [0.2, 0.25) is 0 Å². The first kappa shape index (κ1) is 33.0. The number of rotatable bonds is 8. The minimum Gasteiger partial charge on any atom is -0.379 e. The van der Waals surface area contributed by atoms with Crippen LogP contribution in [0.4, 0.5) is 45.5 Å². The van der Waals surface area contributed by atoms with Gasteiger partial charge < -0.3 is 9.64 Å². The van der Waals surface area contributed by atoms with Gasteiger partial charge in [0.15, 0.2) is 0 Å². The monoisotopic (exact) mass is 650 g/mol. The molecule has 1 saturated heterocycles. The van der Waals surface area contributed by atoms with Crippen LogP contribution in [0, 0.1) is 5.92 Å². The van der Waals surface area contributed by atoms with E-state index >= 15 is 0 Å². The lowest BCUT2D eigenvalue weighted by Gasteiger charge is -2.39. The van der Waals surface area contributed by atoms with Crippen LogP contribution >= 0.6 is 0 Å². The number of benzene rings is 2. The smallest absolute Gasteiger partial charge is 0.379 e. The average molecular weight is 651 g/mol. The third-order valence-corrected chi connectivity index (χ3v) is 8.24. The van der Waals surface area contributed by atoms with E-state index in [1.54, 1.807) is 0 Å². The molecule has 5 rings (SSSR count). The first-order valence-electron chi connectivity index (χ1n) is 14.4. The summed E-state index contributed by atoms with van der Waals surface area (Å²) in [5, 5.41) is 11.7. The molecule has 0 bridgehead atoms. The maximum Gasteiger partial charge on any atom is 0.416 e. The Labute approximate surface area is 252 Å². The Balaban J connectivity index is 1.61. The molecular weight excluding hydrogens is 619 g/mol. The van der Waals surface area contributed by atoms with Crippen molar-refractivity contribution in [3.63, 3.8) is 0 Å². The van der Waals surface area contributed by atoms with Crippen LogP contribution in [0.1, 0.15) is 65.1 Å². The highest BCUT2D eigenvalue weighted by Crippen LogP contribution is 2.43. The molecule has 45 heavy (non-hydrogen) atoms. The van der Waals surface area contributed by atoms with Gasteiger partial charge in [0.25, 0.3) is 5.95 Å². The van der Waals surface area contributed by atoms with Crippen LogP contribution < -0.4 is 4.90 Å². The van der Waals surface area contributed by atoms with Gasteiger partial charge in [0.2, 0.25) is 0 Å². The molecule has 246 valence electrons. The molecule has 1 aliphatic carbocycles. The van der Waals surface area contributed by atoms with Gasteiger partial charge in [-0.05, 0) is 71.0 Å². The van der Waals surface area contributed by atoms with Crippen LogP contribution in [0.5, 0.6) is 0 Å². The first-order valence-corrected chi connectivity index (χ1v) is 14.4. The topological polar surface area (TPSA) is 59.3 Å². The fourth-order valence-electron chi connectivity index (χ4n) is 6.22. The maximum absolute atomic E-state index is 14.0. The molecule has 2 heterocycles. The molecule has 16 heteroatoms. The first-order chi connectivity index (χ1) is 21.1. The number of morpholine rings is 1. The number of anilines is 1. The molecule has 1 atom stereocenters. The number of hydrogen-bond acceptors (Lipinski definition) is 6. The number of tetrazole rings is 1. The second-order valence-electron chi connectivity index (χ2n) is 11.4. The van der Waals surface area contributed by atoms with Crippen LogP contribution in [0.25, 0.3) is 0 Å². The van der Waals surface area contributed by atoms with Crippen LogP contribution in [-0.2, 0) is 43.4 Å². The molecule has 1 aliphatic heterocycles. The lowest BCUT2D eigenvalue weighted by Crippen LogP contribution is -2.42. The lowest BCUT2D eigenvalue weighted by atomic mass is 9.86. The number of alkyl halides is 9. The number of halogens is 9. The van der Waals surface area contributed by atoms with Crippen molar-refractivity contribution >= 4 is 5.95 Å². The van der Waals surface area contributed by atoms with E-state index in [4.69, 9.17) is 4.74 Å². The summed E-state index contributed by atoms with van der Waals surface area (Å²) in [6.45, 7) is 1.11. The minimum atomic E-state index is -5.08. The molecule has 0 spiro atoms. The Morgan fingerprint density at radius 2 is 1.42 bits per heavy atom. The summed E-state index contributed by atoms with van der Waals surface area (Å²) in [7, 11) is 1.41. The summed E-state index contributed by atoms with van der Waals surface area (Å²) < 4.78 is 129. The van der Waals surface area contributed by atoms with Crippen molar-refractivity contribution in [1.29, 1.82) is 0 Å². The highest BCUT2D eigenvalue weighted by molar-refractivity contribution is 5.42. The zero-order valence-corrected chi connectivity index (χ0v) is 24.2. The molecule has 1 saturated carbocycles. The fourth-order valence-corrected chi connectivity index (χ4v) is 6.22. The molecule has 0 amide bonds. The Morgan fingerprint density at radius 3 is 1.96 bits per heavy atom. The number of hydrogen-bond donors (Lipinski definition) is 0. The van der Waals surface area contributed by atoms with E-state index in [0.29, 0.717) is 44.0 Å². The van der Waals surface area contributed by atoms with Crippen molar-refractivity contribution in [3.8, 4) is 0 Å². The van der Waals surface area contributed by atoms with Crippen LogP contribution in [0.15, 0.2) is 36.4 Å². The van der Waals surface area contributed by atoms with E-state index < -0.39 is 41.8 Å². The molecule has 0 radical (unpaired) electrons. The van der Waals surface area contributed by atoms with Crippen molar-refractivity contribution in [2.75, 3.05) is 31.2 Å². The maximum atomic E-state index is 14.0. The van der Waals surface area contributed by atoms with Crippen molar-refractivity contribution in [1.82, 2.24) is 25.1 Å². The average Bonchev–Trinajstić information content (AvgIpc) is 3.65. The molecule has 0 N–H and O–H groups in total. The summed E-state index contributed by atoms with van der Waals surface area (Å²) in [6.07, 6.45) is -11.2. The van der Waals surface area contributed by atoms with E-state index in [0.717, 1.165) is 42.6 Å². The Hall–Kier alpha value is -3.40. The van der Waals surface area contributed by atoms with Crippen molar-refractivity contribution in [2.24, 2.45) is 13.0 Å². The quantitative estimate of drug-likeness (QED) is 0.244. The highest BCUT2D eigenvalue weighted by Gasteiger charge is 2.39. The summed E-state index contributed by atoms with van der Waals surface area (Å²) in [4.78, 5) is 4.46. The van der Waals surface area contributed by atoms with Crippen molar-refractivity contribution in [2.45, 2.75) is 63.3 Å². The predicted octanol–water partition coefficient (Wildman–Crippen LogP) is 7.04. The van der Waals surface area contributed by atoms with Gasteiger partial charge in [-0.1, -0.05) is 24.0 Å². The minimum absolute atomic E-state index is 0.0217. The van der Waals surface area contributed by atoms with Gasteiger partial charge in [-0.25, -0.2) is 0 Å². The molecular formula is C29H31F9N6O. The van der Waals surface area contributed by atoms with Crippen molar-refractivity contribution in [3.05, 3.63) is 69.8 Å². The van der Waals surface area contributed by atoms with Gasteiger partial charge in [-0.2, -0.15) is 44.3 Å². The van der Waals surface area contributed by atoms with Crippen LogP contribution in [0.3, 0.4) is 0 Å². The lowest BCUT2D eigenvalue weighted by molar-refractivity contribution is -0.143. The van der Waals surface area contributed by atoms with Gasteiger partial charge in [-0.15, -0.1) is 5.10 Å². The zero-order chi connectivity index (χ0) is 32.6. The Bertz CT molecular complexity index is 1430. The van der Waals surface area contributed by atoms with Gasteiger partial charge >= 0.3 is 18.5 Å². The van der Waals surface area contributed by atoms with E-state index in [1.807, 2.05) is 0 Å².